The molecular formula is C16H14BrClFNOS. The fourth-order valence-electron chi connectivity index (χ4n) is 1.76. The monoisotopic (exact) mass is 401 g/mol. The van der Waals surface area contributed by atoms with Crippen LogP contribution in [0.3, 0.4) is 0 Å². The quantitative estimate of drug-likeness (QED) is 0.646. The summed E-state index contributed by atoms with van der Waals surface area (Å²) >= 11 is 10.7. The first-order chi connectivity index (χ1) is 10.6. The van der Waals surface area contributed by atoms with Gasteiger partial charge in [-0.3, -0.25) is 4.79 Å². The molecule has 0 heterocycles. The highest BCUT2D eigenvalue weighted by Crippen LogP contribution is 2.22. The van der Waals surface area contributed by atoms with Gasteiger partial charge in [0, 0.05) is 22.4 Å². The molecule has 1 N–H and O–H groups in total. The van der Waals surface area contributed by atoms with E-state index in [1.54, 1.807) is 24.3 Å². The van der Waals surface area contributed by atoms with Gasteiger partial charge in [-0.2, -0.15) is 11.8 Å². The normalized spacial score (nSPS) is 10.5. The van der Waals surface area contributed by atoms with Crippen LogP contribution in [0, 0.1) is 5.82 Å². The highest BCUT2D eigenvalue weighted by atomic mass is 79.9. The Morgan fingerprint density at radius 2 is 2.05 bits per heavy atom. The van der Waals surface area contributed by atoms with Gasteiger partial charge in [0.2, 0.25) is 5.91 Å². The summed E-state index contributed by atoms with van der Waals surface area (Å²) in [6.45, 7) is 0. The molecule has 0 aliphatic rings. The van der Waals surface area contributed by atoms with Gasteiger partial charge in [-0.05, 0) is 29.8 Å². The zero-order valence-corrected chi connectivity index (χ0v) is 14.8. The fraction of sp³-hybridized carbons (Fsp3) is 0.188. The summed E-state index contributed by atoms with van der Waals surface area (Å²) < 4.78 is 14.4. The molecule has 1 amide bonds. The summed E-state index contributed by atoms with van der Waals surface area (Å²) in [5, 5.41) is 3.28. The van der Waals surface area contributed by atoms with E-state index in [2.05, 4.69) is 21.2 Å². The van der Waals surface area contributed by atoms with Crippen LogP contribution in [0.5, 0.6) is 0 Å². The molecule has 2 nitrogen and oxygen atoms in total. The summed E-state index contributed by atoms with van der Waals surface area (Å²) in [5.41, 5.74) is 1.25. The molecule has 0 atom stereocenters. The van der Waals surface area contributed by atoms with Gasteiger partial charge in [0.1, 0.15) is 5.82 Å². The average molecular weight is 403 g/mol. The largest absolute Gasteiger partial charge is 0.325 e. The predicted octanol–water partition coefficient (Wildman–Crippen LogP) is 5.50. The Morgan fingerprint density at radius 3 is 2.77 bits per heavy atom. The number of anilines is 1. The van der Waals surface area contributed by atoms with Crippen LogP contribution in [0.4, 0.5) is 10.1 Å². The molecule has 116 valence electrons. The summed E-state index contributed by atoms with van der Waals surface area (Å²) in [6, 6.07) is 12.1. The Morgan fingerprint density at radius 1 is 1.27 bits per heavy atom. The second-order valence-electron chi connectivity index (χ2n) is 4.57. The Labute approximate surface area is 146 Å². The van der Waals surface area contributed by atoms with Gasteiger partial charge in [-0.15, -0.1) is 0 Å². The van der Waals surface area contributed by atoms with E-state index in [9.17, 15) is 9.18 Å². The molecule has 0 fully saturated rings. The fourth-order valence-corrected chi connectivity index (χ4v) is 3.21. The lowest BCUT2D eigenvalue weighted by Gasteiger charge is -2.07. The van der Waals surface area contributed by atoms with Crippen molar-refractivity contribution in [2.24, 2.45) is 0 Å². The molecule has 0 aromatic heterocycles. The summed E-state index contributed by atoms with van der Waals surface area (Å²) in [6.07, 6.45) is 0.355. The van der Waals surface area contributed by atoms with Crippen molar-refractivity contribution in [1.29, 1.82) is 0 Å². The van der Waals surface area contributed by atoms with Gasteiger partial charge < -0.3 is 5.32 Å². The number of carbonyl (C=O) groups excluding carboxylic acids is 1. The minimum Gasteiger partial charge on any atom is -0.325 e. The van der Waals surface area contributed by atoms with E-state index in [1.807, 2.05) is 12.1 Å². The third-order valence-electron chi connectivity index (χ3n) is 2.89. The van der Waals surface area contributed by atoms with Gasteiger partial charge >= 0.3 is 0 Å². The Hall–Kier alpha value is -1.04. The molecule has 2 aromatic carbocycles. The van der Waals surface area contributed by atoms with Crippen LogP contribution < -0.4 is 5.32 Å². The molecule has 0 saturated heterocycles. The van der Waals surface area contributed by atoms with E-state index in [4.69, 9.17) is 11.6 Å². The molecule has 22 heavy (non-hydrogen) atoms. The minimum absolute atomic E-state index is 0.100. The number of rotatable bonds is 6. The van der Waals surface area contributed by atoms with Crippen molar-refractivity contribution in [3.05, 3.63) is 63.3 Å². The van der Waals surface area contributed by atoms with Crippen molar-refractivity contribution in [2.75, 3.05) is 11.1 Å². The van der Waals surface area contributed by atoms with Gasteiger partial charge in [-0.1, -0.05) is 45.7 Å². The lowest BCUT2D eigenvalue weighted by Crippen LogP contribution is -2.12. The maximum absolute atomic E-state index is 13.6. The molecular weight excluding hydrogens is 389 g/mol. The van der Waals surface area contributed by atoms with Crippen LogP contribution in [-0.2, 0) is 10.5 Å². The first-order valence-electron chi connectivity index (χ1n) is 6.62. The number of para-hydroxylation sites is 1. The molecule has 0 aliphatic heterocycles. The van der Waals surface area contributed by atoms with Gasteiger partial charge in [0.25, 0.3) is 0 Å². The average Bonchev–Trinajstić information content (AvgIpc) is 2.48. The number of benzene rings is 2. The molecule has 0 saturated carbocycles. The van der Waals surface area contributed by atoms with E-state index in [-0.39, 0.29) is 11.7 Å². The Bertz CT molecular complexity index is 668. The summed E-state index contributed by atoms with van der Waals surface area (Å²) in [4.78, 5) is 11.8. The van der Waals surface area contributed by atoms with Crippen molar-refractivity contribution < 1.29 is 9.18 Å². The maximum Gasteiger partial charge on any atom is 0.225 e. The van der Waals surface area contributed by atoms with Crippen molar-refractivity contribution in [3.8, 4) is 0 Å². The zero-order chi connectivity index (χ0) is 15.9. The van der Waals surface area contributed by atoms with Crippen molar-refractivity contribution in [1.82, 2.24) is 0 Å². The smallest absolute Gasteiger partial charge is 0.225 e. The number of amides is 1. The highest BCUT2D eigenvalue weighted by molar-refractivity contribution is 9.10. The summed E-state index contributed by atoms with van der Waals surface area (Å²) in [7, 11) is 0. The molecule has 2 rings (SSSR count). The molecule has 0 aliphatic carbocycles. The minimum atomic E-state index is -0.234. The van der Waals surface area contributed by atoms with Crippen LogP contribution in [0.2, 0.25) is 5.02 Å². The van der Waals surface area contributed by atoms with Crippen molar-refractivity contribution in [2.45, 2.75) is 12.2 Å². The molecule has 0 bridgehead atoms. The maximum atomic E-state index is 13.6. The number of thioether (sulfide) groups is 1. The molecule has 6 heteroatoms. The Kier molecular flexibility index (Phi) is 6.73. The highest BCUT2D eigenvalue weighted by Gasteiger charge is 2.07. The first kappa shape index (κ1) is 17.3. The molecule has 0 unspecified atom stereocenters. The van der Waals surface area contributed by atoms with E-state index < -0.39 is 0 Å². The lowest BCUT2D eigenvalue weighted by atomic mass is 10.2. The predicted molar refractivity (Wildman–Crippen MR) is 95.0 cm³/mol. The first-order valence-corrected chi connectivity index (χ1v) is 8.95. The number of hydrogen-bond acceptors (Lipinski definition) is 2. The number of nitrogens with one attached hydrogen (secondary N) is 1. The van der Waals surface area contributed by atoms with Crippen LogP contribution >= 0.6 is 39.3 Å². The molecule has 0 spiro atoms. The van der Waals surface area contributed by atoms with E-state index in [0.717, 1.165) is 4.47 Å². The van der Waals surface area contributed by atoms with Crippen LogP contribution in [0.1, 0.15) is 12.0 Å². The van der Waals surface area contributed by atoms with Crippen LogP contribution in [0.25, 0.3) is 0 Å². The van der Waals surface area contributed by atoms with Gasteiger partial charge in [0.15, 0.2) is 0 Å². The number of carbonyl (C=O) groups is 1. The van der Waals surface area contributed by atoms with Crippen molar-refractivity contribution in [3.63, 3.8) is 0 Å². The molecule has 2 aromatic rings. The molecule has 0 radical (unpaired) electrons. The van der Waals surface area contributed by atoms with E-state index in [1.165, 1.54) is 17.8 Å². The number of hydrogen-bond donors (Lipinski definition) is 1. The number of halogens is 3. The van der Waals surface area contributed by atoms with Gasteiger partial charge in [0.05, 0.1) is 10.7 Å². The third kappa shape index (κ3) is 5.30. The zero-order valence-electron chi connectivity index (χ0n) is 11.6. The van der Waals surface area contributed by atoms with Crippen molar-refractivity contribution >= 4 is 50.9 Å². The third-order valence-corrected chi connectivity index (χ3v) is 4.72. The Balaban J connectivity index is 1.74. The SMILES string of the molecule is O=C(CCSCc1ccc(Br)cc1F)Nc1ccccc1Cl. The van der Waals surface area contributed by atoms with Gasteiger partial charge in [-0.25, -0.2) is 4.39 Å². The second kappa shape index (κ2) is 8.56. The lowest BCUT2D eigenvalue weighted by molar-refractivity contribution is -0.115. The standard InChI is InChI=1S/C16H14BrClFNOS/c17-12-6-5-11(14(19)9-12)10-22-8-7-16(21)20-15-4-2-1-3-13(15)18/h1-6,9H,7-8,10H2,(H,20,21). The summed E-state index contributed by atoms with van der Waals surface area (Å²) in [5.74, 6) is 0.823. The second-order valence-corrected chi connectivity index (χ2v) is 6.99. The van der Waals surface area contributed by atoms with E-state index >= 15 is 0 Å². The van der Waals surface area contributed by atoms with Crippen LogP contribution in [0.15, 0.2) is 46.9 Å². The topological polar surface area (TPSA) is 29.1 Å². The van der Waals surface area contributed by atoms with Crippen LogP contribution in [-0.4, -0.2) is 11.7 Å². The van der Waals surface area contributed by atoms with E-state index in [0.29, 0.717) is 34.2 Å².